The van der Waals surface area contributed by atoms with Crippen LogP contribution in [0.2, 0.25) is 0 Å². The summed E-state index contributed by atoms with van der Waals surface area (Å²) >= 11 is 0. The Bertz CT molecular complexity index is 86.2. The number of rotatable bonds is 6. The van der Waals surface area contributed by atoms with Crippen LogP contribution in [0, 0.1) is 0 Å². The molecule has 0 saturated carbocycles. The van der Waals surface area contributed by atoms with Gasteiger partial charge in [0.2, 0.25) is 0 Å². The van der Waals surface area contributed by atoms with Crippen LogP contribution in [0.5, 0.6) is 0 Å². The van der Waals surface area contributed by atoms with E-state index in [0.29, 0.717) is 12.6 Å². The van der Waals surface area contributed by atoms with E-state index in [9.17, 15) is 0 Å². The maximum absolute atomic E-state index is 8.51. The molecule has 0 aromatic heterocycles. The third-order valence-electron chi connectivity index (χ3n) is 1.87. The molecule has 0 heterocycles. The molecule has 0 aromatic rings. The van der Waals surface area contributed by atoms with Crippen molar-refractivity contribution in [2.45, 2.75) is 19.4 Å². The third kappa shape index (κ3) is 5.18. The van der Waals surface area contributed by atoms with Crippen LogP contribution in [0.3, 0.4) is 0 Å². The third-order valence-corrected chi connectivity index (χ3v) is 1.87. The predicted octanol–water partition coefficient (Wildman–Crippen LogP) is -0.0915. The molecule has 0 aliphatic carbocycles. The number of aliphatic hydroxyl groups is 1. The van der Waals surface area contributed by atoms with Gasteiger partial charge in [0, 0.05) is 19.1 Å². The molecule has 11 heavy (non-hydrogen) atoms. The lowest BCUT2D eigenvalue weighted by molar-refractivity contribution is 0.255. The SMILES string of the molecule is CCC(CNCCO)N(C)C. The Morgan fingerprint density at radius 2 is 2.09 bits per heavy atom. The minimum Gasteiger partial charge on any atom is -0.395 e. The van der Waals surface area contributed by atoms with Crippen LogP contribution in [-0.2, 0) is 0 Å². The monoisotopic (exact) mass is 160 g/mol. The molecule has 68 valence electrons. The van der Waals surface area contributed by atoms with Gasteiger partial charge in [-0.1, -0.05) is 6.92 Å². The molecule has 1 atom stereocenters. The van der Waals surface area contributed by atoms with Gasteiger partial charge in [0.15, 0.2) is 0 Å². The van der Waals surface area contributed by atoms with Crippen molar-refractivity contribution < 1.29 is 5.11 Å². The lowest BCUT2D eigenvalue weighted by Crippen LogP contribution is -2.38. The highest BCUT2D eigenvalue weighted by atomic mass is 16.3. The summed E-state index contributed by atoms with van der Waals surface area (Å²) in [4.78, 5) is 2.20. The normalized spacial score (nSPS) is 13.9. The highest BCUT2D eigenvalue weighted by Crippen LogP contribution is 1.95. The first-order chi connectivity index (χ1) is 5.22. The summed E-state index contributed by atoms with van der Waals surface area (Å²) in [5.41, 5.74) is 0. The Labute approximate surface area is 69.4 Å². The number of likely N-dealkylation sites (N-methyl/N-ethyl adjacent to an activating group) is 1. The van der Waals surface area contributed by atoms with Crippen molar-refractivity contribution in [2.24, 2.45) is 0 Å². The molecular weight excluding hydrogens is 140 g/mol. The molecule has 0 amide bonds. The Balaban J connectivity index is 3.36. The smallest absolute Gasteiger partial charge is 0.0555 e. The molecule has 0 aliphatic heterocycles. The van der Waals surface area contributed by atoms with Crippen LogP contribution in [0.4, 0.5) is 0 Å². The average Bonchev–Trinajstić information content (AvgIpc) is 1.97. The van der Waals surface area contributed by atoms with E-state index in [4.69, 9.17) is 5.11 Å². The Morgan fingerprint density at radius 3 is 2.45 bits per heavy atom. The topological polar surface area (TPSA) is 35.5 Å². The van der Waals surface area contributed by atoms with E-state index in [0.717, 1.165) is 13.0 Å². The molecule has 0 spiro atoms. The molecular formula is C8H20N2O. The molecule has 0 fully saturated rings. The fourth-order valence-electron chi connectivity index (χ4n) is 1.04. The van der Waals surface area contributed by atoms with Crippen molar-refractivity contribution in [1.29, 1.82) is 0 Å². The number of nitrogens with zero attached hydrogens (tertiary/aromatic N) is 1. The largest absolute Gasteiger partial charge is 0.395 e. The van der Waals surface area contributed by atoms with E-state index in [1.807, 2.05) is 0 Å². The molecule has 3 heteroatoms. The maximum Gasteiger partial charge on any atom is 0.0555 e. The summed E-state index contributed by atoms with van der Waals surface area (Å²) in [7, 11) is 4.16. The molecule has 1 unspecified atom stereocenters. The molecule has 3 nitrogen and oxygen atoms in total. The summed E-state index contributed by atoms with van der Waals surface area (Å²) in [5, 5.41) is 11.7. The number of aliphatic hydroxyl groups excluding tert-OH is 1. The van der Waals surface area contributed by atoms with Crippen LogP contribution in [0.25, 0.3) is 0 Å². The molecule has 2 N–H and O–H groups in total. The van der Waals surface area contributed by atoms with Gasteiger partial charge in [0.25, 0.3) is 0 Å². The van der Waals surface area contributed by atoms with E-state index in [-0.39, 0.29) is 6.61 Å². The average molecular weight is 160 g/mol. The van der Waals surface area contributed by atoms with Gasteiger partial charge < -0.3 is 15.3 Å². The van der Waals surface area contributed by atoms with Gasteiger partial charge in [-0.3, -0.25) is 0 Å². The summed E-state index contributed by atoms with van der Waals surface area (Å²) in [5.74, 6) is 0. The molecule has 0 radical (unpaired) electrons. The quantitative estimate of drug-likeness (QED) is 0.533. The fourth-order valence-corrected chi connectivity index (χ4v) is 1.04. The molecule has 0 saturated heterocycles. The maximum atomic E-state index is 8.51. The number of nitrogens with one attached hydrogen (secondary N) is 1. The zero-order chi connectivity index (χ0) is 8.69. The highest BCUT2D eigenvalue weighted by molar-refractivity contribution is 4.66. The van der Waals surface area contributed by atoms with Gasteiger partial charge in [-0.05, 0) is 20.5 Å². The Hall–Kier alpha value is -0.120. The van der Waals surface area contributed by atoms with E-state index < -0.39 is 0 Å². The van der Waals surface area contributed by atoms with Crippen LogP contribution in [-0.4, -0.2) is 49.8 Å². The van der Waals surface area contributed by atoms with Gasteiger partial charge >= 0.3 is 0 Å². The molecule has 0 bridgehead atoms. The minimum absolute atomic E-state index is 0.226. The van der Waals surface area contributed by atoms with Crippen LogP contribution in [0.15, 0.2) is 0 Å². The highest BCUT2D eigenvalue weighted by Gasteiger charge is 2.06. The minimum atomic E-state index is 0.226. The van der Waals surface area contributed by atoms with E-state index in [1.165, 1.54) is 0 Å². The van der Waals surface area contributed by atoms with Gasteiger partial charge in [-0.2, -0.15) is 0 Å². The van der Waals surface area contributed by atoms with Gasteiger partial charge in [0.05, 0.1) is 6.61 Å². The van der Waals surface area contributed by atoms with Gasteiger partial charge in [-0.25, -0.2) is 0 Å². The number of hydrogen-bond acceptors (Lipinski definition) is 3. The van der Waals surface area contributed by atoms with Crippen molar-refractivity contribution in [3.63, 3.8) is 0 Å². The van der Waals surface area contributed by atoms with E-state index in [2.05, 4.69) is 31.2 Å². The zero-order valence-corrected chi connectivity index (χ0v) is 7.80. The van der Waals surface area contributed by atoms with Crippen molar-refractivity contribution in [1.82, 2.24) is 10.2 Å². The number of hydrogen-bond donors (Lipinski definition) is 2. The van der Waals surface area contributed by atoms with Crippen molar-refractivity contribution >= 4 is 0 Å². The van der Waals surface area contributed by atoms with E-state index >= 15 is 0 Å². The summed E-state index contributed by atoms with van der Waals surface area (Å²) in [6.07, 6.45) is 1.14. The van der Waals surface area contributed by atoms with Gasteiger partial charge in [0.1, 0.15) is 0 Å². The summed E-state index contributed by atoms with van der Waals surface area (Å²) < 4.78 is 0. The van der Waals surface area contributed by atoms with Crippen molar-refractivity contribution in [2.75, 3.05) is 33.8 Å². The second kappa shape index (κ2) is 6.58. The summed E-state index contributed by atoms with van der Waals surface area (Å²) in [6.45, 7) is 4.06. The second-order valence-corrected chi connectivity index (χ2v) is 2.95. The van der Waals surface area contributed by atoms with Crippen LogP contribution in [0.1, 0.15) is 13.3 Å². The first kappa shape index (κ1) is 10.9. The lowest BCUT2D eigenvalue weighted by atomic mass is 10.2. The van der Waals surface area contributed by atoms with Crippen LogP contribution >= 0.6 is 0 Å². The standard InChI is InChI=1S/C8H20N2O/c1-4-8(10(2)3)7-9-5-6-11/h8-9,11H,4-7H2,1-3H3. The van der Waals surface area contributed by atoms with Gasteiger partial charge in [-0.15, -0.1) is 0 Å². The Kier molecular flexibility index (Phi) is 6.51. The zero-order valence-electron chi connectivity index (χ0n) is 7.80. The molecule has 0 aromatic carbocycles. The summed E-state index contributed by atoms with van der Waals surface area (Å²) in [6, 6.07) is 0.585. The molecule has 0 rings (SSSR count). The van der Waals surface area contributed by atoms with Crippen molar-refractivity contribution in [3.8, 4) is 0 Å². The van der Waals surface area contributed by atoms with Crippen LogP contribution < -0.4 is 5.32 Å². The fraction of sp³-hybridized carbons (Fsp3) is 1.00. The first-order valence-corrected chi connectivity index (χ1v) is 4.20. The van der Waals surface area contributed by atoms with E-state index in [1.54, 1.807) is 0 Å². The first-order valence-electron chi connectivity index (χ1n) is 4.20. The second-order valence-electron chi connectivity index (χ2n) is 2.95. The lowest BCUT2D eigenvalue weighted by Gasteiger charge is -2.22. The molecule has 0 aliphatic rings. The predicted molar refractivity (Wildman–Crippen MR) is 47.7 cm³/mol. The Morgan fingerprint density at radius 1 is 1.45 bits per heavy atom. The van der Waals surface area contributed by atoms with Crippen molar-refractivity contribution in [3.05, 3.63) is 0 Å².